The summed E-state index contributed by atoms with van der Waals surface area (Å²) in [4.78, 5) is 0. The molecular formula is C14H10BrF3O. The number of hydrogen-bond donors (Lipinski definition) is 1. The molecule has 0 aliphatic rings. The van der Waals surface area contributed by atoms with Gasteiger partial charge in [-0.25, -0.2) is 13.2 Å². The van der Waals surface area contributed by atoms with Gasteiger partial charge in [-0.1, -0.05) is 6.07 Å². The van der Waals surface area contributed by atoms with Crippen molar-refractivity contribution in [3.05, 3.63) is 68.9 Å². The Morgan fingerprint density at radius 1 is 1.11 bits per heavy atom. The van der Waals surface area contributed by atoms with Gasteiger partial charge in [-0.05, 0) is 58.2 Å². The Balaban J connectivity index is 2.59. The lowest BCUT2D eigenvalue weighted by atomic mass is 9.96. The molecule has 0 aliphatic carbocycles. The molecule has 0 radical (unpaired) electrons. The monoisotopic (exact) mass is 330 g/mol. The first kappa shape index (κ1) is 14.1. The first-order chi connectivity index (χ1) is 8.91. The molecule has 0 aromatic heterocycles. The lowest BCUT2D eigenvalue weighted by molar-refractivity contribution is 0.207. The topological polar surface area (TPSA) is 20.2 Å². The molecule has 0 aliphatic heterocycles. The highest BCUT2D eigenvalue weighted by Crippen LogP contribution is 2.32. The molecule has 0 heterocycles. The molecule has 0 spiro atoms. The quantitative estimate of drug-likeness (QED) is 0.816. The Morgan fingerprint density at radius 2 is 1.79 bits per heavy atom. The Hall–Kier alpha value is -1.33. The summed E-state index contributed by atoms with van der Waals surface area (Å²) < 4.78 is 40.8. The number of benzene rings is 2. The molecule has 1 unspecified atom stereocenters. The van der Waals surface area contributed by atoms with Crippen LogP contribution in [-0.4, -0.2) is 5.11 Å². The van der Waals surface area contributed by atoms with Gasteiger partial charge in [0.05, 0.1) is 10.0 Å². The molecule has 5 heteroatoms. The van der Waals surface area contributed by atoms with Crippen molar-refractivity contribution in [2.24, 2.45) is 0 Å². The Morgan fingerprint density at radius 3 is 2.47 bits per heavy atom. The summed E-state index contributed by atoms with van der Waals surface area (Å²) in [5.74, 6) is -2.34. The average Bonchev–Trinajstić information content (AvgIpc) is 2.37. The number of rotatable bonds is 2. The maximum Gasteiger partial charge on any atom is 0.146 e. The Labute approximate surface area is 116 Å². The molecule has 100 valence electrons. The van der Waals surface area contributed by atoms with Gasteiger partial charge in [0.15, 0.2) is 0 Å². The highest BCUT2D eigenvalue weighted by atomic mass is 79.9. The molecular weight excluding hydrogens is 321 g/mol. The van der Waals surface area contributed by atoms with Crippen molar-refractivity contribution in [3.63, 3.8) is 0 Å². The molecule has 1 nitrogen and oxygen atoms in total. The van der Waals surface area contributed by atoms with E-state index < -0.39 is 29.1 Å². The third kappa shape index (κ3) is 2.67. The van der Waals surface area contributed by atoms with Crippen molar-refractivity contribution in [3.8, 4) is 0 Å². The van der Waals surface area contributed by atoms with Crippen LogP contribution in [0.2, 0.25) is 0 Å². The summed E-state index contributed by atoms with van der Waals surface area (Å²) in [5.41, 5.74) is 0.187. The first-order valence-electron chi connectivity index (χ1n) is 5.49. The van der Waals surface area contributed by atoms with Gasteiger partial charge in [0.2, 0.25) is 0 Å². The number of aryl methyl sites for hydroxylation is 1. The fraction of sp³-hybridized carbons (Fsp3) is 0.143. The van der Waals surface area contributed by atoms with Gasteiger partial charge in [-0.2, -0.15) is 0 Å². The summed E-state index contributed by atoms with van der Waals surface area (Å²) in [7, 11) is 0. The van der Waals surface area contributed by atoms with E-state index >= 15 is 0 Å². The normalized spacial score (nSPS) is 12.5. The van der Waals surface area contributed by atoms with Crippen molar-refractivity contribution in [2.75, 3.05) is 0 Å². The molecule has 2 aromatic carbocycles. The number of aliphatic hydroxyl groups is 1. The molecule has 1 atom stereocenters. The van der Waals surface area contributed by atoms with Gasteiger partial charge >= 0.3 is 0 Å². The van der Waals surface area contributed by atoms with Gasteiger partial charge in [0, 0.05) is 0 Å². The molecule has 0 bridgehead atoms. The second-order valence-electron chi connectivity index (χ2n) is 4.16. The van der Waals surface area contributed by atoms with Crippen LogP contribution in [0.25, 0.3) is 0 Å². The zero-order valence-corrected chi connectivity index (χ0v) is 11.5. The predicted octanol–water partition coefficient (Wildman–Crippen LogP) is 4.26. The van der Waals surface area contributed by atoms with E-state index in [1.807, 2.05) is 0 Å². The lowest BCUT2D eigenvalue weighted by Gasteiger charge is -2.16. The molecule has 0 saturated heterocycles. The molecule has 0 saturated carbocycles. The van der Waals surface area contributed by atoms with Gasteiger partial charge in [-0.15, -0.1) is 0 Å². The van der Waals surface area contributed by atoms with Crippen LogP contribution in [0.5, 0.6) is 0 Å². The van der Waals surface area contributed by atoms with Crippen LogP contribution in [0, 0.1) is 24.4 Å². The van der Waals surface area contributed by atoms with E-state index in [0.717, 1.165) is 12.1 Å². The van der Waals surface area contributed by atoms with Gasteiger partial charge in [-0.3, -0.25) is 0 Å². The highest BCUT2D eigenvalue weighted by Gasteiger charge is 2.23. The van der Waals surface area contributed by atoms with E-state index in [1.165, 1.54) is 18.2 Å². The molecule has 19 heavy (non-hydrogen) atoms. The largest absolute Gasteiger partial charge is 0.383 e. The van der Waals surface area contributed by atoms with Crippen LogP contribution in [-0.2, 0) is 0 Å². The molecule has 2 aromatic rings. The van der Waals surface area contributed by atoms with Crippen LogP contribution in [0.1, 0.15) is 22.8 Å². The SMILES string of the molecule is Cc1ccc(F)cc1C(O)c1c(F)ccc(Br)c1F. The summed E-state index contributed by atoms with van der Waals surface area (Å²) >= 11 is 2.93. The third-order valence-corrected chi connectivity index (χ3v) is 3.50. The van der Waals surface area contributed by atoms with Gasteiger partial charge < -0.3 is 5.11 Å². The minimum atomic E-state index is -1.56. The fourth-order valence-corrected chi connectivity index (χ4v) is 2.20. The summed E-state index contributed by atoms with van der Waals surface area (Å²) in [5, 5.41) is 10.1. The fourth-order valence-electron chi connectivity index (χ4n) is 1.85. The van der Waals surface area contributed by atoms with Crippen LogP contribution in [0.4, 0.5) is 13.2 Å². The van der Waals surface area contributed by atoms with Crippen LogP contribution in [0.3, 0.4) is 0 Å². The van der Waals surface area contributed by atoms with Crippen molar-refractivity contribution in [2.45, 2.75) is 13.0 Å². The Bertz CT molecular complexity index is 628. The number of hydrogen-bond acceptors (Lipinski definition) is 1. The standard InChI is InChI=1S/C14H10BrF3O/c1-7-2-3-8(16)6-9(7)14(19)12-11(17)5-4-10(15)13(12)18/h2-6,14,19H,1H3. The molecule has 0 fully saturated rings. The number of halogens is 4. The lowest BCUT2D eigenvalue weighted by Crippen LogP contribution is -2.08. The second-order valence-corrected chi connectivity index (χ2v) is 5.01. The zero-order valence-electron chi connectivity index (χ0n) is 9.92. The minimum Gasteiger partial charge on any atom is -0.383 e. The maximum atomic E-state index is 13.9. The average molecular weight is 331 g/mol. The summed E-state index contributed by atoms with van der Waals surface area (Å²) in [6.07, 6.45) is -1.56. The molecule has 1 N–H and O–H groups in total. The first-order valence-corrected chi connectivity index (χ1v) is 6.28. The smallest absolute Gasteiger partial charge is 0.146 e. The van der Waals surface area contributed by atoms with Crippen molar-refractivity contribution < 1.29 is 18.3 Å². The third-order valence-electron chi connectivity index (χ3n) is 2.89. The van der Waals surface area contributed by atoms with E-state index in [0.29, 0.717) is 5.56 Å². The minimum absolute atomic E-state index is 0.0389. The Kier molecular flexibility index (Phi) is 3.96. The van der Waals surface area contributed by atoms with E-state index in [2.05, 4.69) is 15.9 Å². The van der Waals surface area contributed by atoms with E-state index in [9.17, 15) is 18.3 Å². The van der Waals surface area contributed by atoms with Crippen LogP contribution in [0.15, 0.2) is 34.8 Å². The van der Waals surface area contributed by atoms with Gasteiger partial charge in [0.1, 0.15) is 23.6 Å². The van der Waals surface area contributed by atoms with Gasteiger partial charge in [0.25, 0.3) is 0 Å². The predicted molar refractivity (Wildman–Crippen MR) is 69.3 cm³/mol. The van der Waals surface area contributed by atoms with Crippen molar-refractivity contribution in [1.29, 1.82) is 0 Å². The number of aliphatic hydroxyl groups excluding tert-OH is 1. The van der Waals surface area contributed by atoms with E-state index in [1.54, 1.807) is 6.92 Å². The molecule has 0 amide bonds. The van der Waals surface area contributed by atoms with Crippen molar-refractivity contribution >= 4 is 15.9 Å². The highest BCUT2D eigenvalue weighted by molar-refractivity contribution is 9.10. The van der Waals surface area contributed by atoms with Crippen LogP contribution < -0.4 is 0 Å². The summed E-state index contributed by atoms with van der Waals surface area (Å²) in [6.45, 7) is 1.63. The zero-order chi connectivity index (χ0) is 14.2. The van der Waals surface area contributed by atoms with E-state index in [4.69, 9.17) is 0 Å². The van der Waals surface area contributed by atoms with Crippen molar-refractivity contribution in [1.82, 2.24) is 0 Å². The molecule has 2 rings (SSSR count). The van der Waals surface area contributed by atoms with Crippen LogP contribution >= 0.6 is 15.9 Å². The van der Waals surface area contributed by atoms with E-state index in [-0.39, 0.29) is 10.0 Å². The summed E-state index contributed by atoms with van der Waals surface area (Å²) in [6, 6.07) is 5.99. The second kappa shape index (κ2) is 5.35. The maximum absolute atomic E-state index is 13.9.